The summed E-state index contributed by atoms with van der Waals surface area (Å²) in [6.07, 6.45) is 1.99. The van der Waals surface area contributed by atoms with Crippen LogP contribution in [0.4, 0.5) is 0 Å². The topological polar surface area (TPSA) is 77.2 Å². The van der Waals surface area contributed by atoms with Crippen LogP contribution >= 0.6 is 24.8 Å². The Bertz CT molecular complexity index is 694. The van der Waals surface area contributed by atoms with E-state index in [2.05, 4.69) is 10.3 Å². The Labute approximate surface area is 161 Å². The van der Waals surface area contributed by atoms with E-state index in [0.717, 1.165) is 16.9 Å². The standard InChI is InChI=1S/C18H23N3O2.2ClH/c1-12-5-4-6-16(14(12)3)23-18-10-15(7-8-20-18)11-21-17(22)9-13(2)19;;/h4-8,10,13H,9,11,19H2,1-3H3,(H,21,22);2*1H. The maximum absolute atomic E-state index is 11.6. The van der Waals surface area contributed by atoms with Gasteiger partial charge in [-0.15, -0.1) is 24.8 Å². The van der Waals surface area contributed by atoms with Crippen LogP contribution in [-0.4, -0.2) is 16.9 Å². The minimum absolute atomic E-state index is 0. The molecule has 1 heterocycles. The highest BCUT2D eigenvalue weighted by atomic mass is 35.5. The second kappa shape index (κ2) is 10.9. The minimum Gasteiger partial charge on any atom is -0.439 e. The van der Waals surface area contributed by atoms with E-state index in [1.165, 1.54) is 5.56 Å². The van der Waals surface area contributed by atoms with Crippen LogP contribution in [-0.2, 0) is 11.3 Å². The molecule has 0 saturated heterocycles. The van der Waals surface area contributed by atoms with Gasteiger partial charge >= 0.3 is 0 Å². The number of rotatable bonds is 6. The number of carbonyl (C=O) groups excluding carboxylic acids is 1. The van der Waals surface area contributed by atoms with Crippen LogP contribution in [0.3, 0.4) is 0 Å². The van der Waals surface area contributed by atoms with Crippen molar-refractivity contribution in [3.63, 3.8) is 0 Å². The normalized spacial score (nSPS) is 10.9. The van der Waals surface area contributed by atoms with Crippen molar-refractivity contribution in [3.05, 3.63) is 53.2 Å². The number of benzene rings is 1. The number of aryl methyl sites for hydroxylation is 1. The lowest BCUT2D eigenvalue weighted by atomic mass is 10.1. The van der Waals surface area contributed by atoms with Crippen LogP contribution in [0, 0.1) is 13.8 Å². The number of carbonyl (C=O) groups is 1. The number of nitrogens with zero attached hydrogens (tertiary/aromatic N) is 1. The van der Waals surface area contributed by atoms with Gasteiger partial charge in [-0.25, -0.2) is 4.98 Å². The zero-order valence-electron chi connectivity index (χ0n) is 14.6. The molecule has 25 heavy (non-hydrogen) atoms. The van der Waals surface area contributed by atoms with Crippen LogP contribution in [0.25, 0.3) is 0 Å². The summed E-state index contributed by atoms with van der Waals surface area (Å²) in [4.78, 5) is 15.9. The van der Waals surface area contributed by atoms with E-state index in [9.17, 15) is 4.79 Å². The van der Waals surface area contributed by atoms with Gasteiger partial charge in [0, 0.05) is 31.3 Å². The summed E-state index contributed by atoms with van der Waals surface area (Å²) in [6, 6.07) is 9.45. The Morgan fingerprint density at radius 3 is 2.68 bits per heavy atom. The number of hydrogen-bond donors (Lipinski definition) is 2. The van der Waals surface area contributed by atoms with Crippen LogP contribution in [0.15, 0.2) is 36.5 Å². The summed E-state index contributed by atoms with van der Waals surface area (Å²) in [7, 11) is 0. The highest BCUT2D eigenvalue weighted by Gasteiger charge is 2.07. The number of aromatic nitrogens is 1. The molecule has 0 radical (unpaired) electrons. The summed E-state index contributed by atoms with van der Waals surface area (Å²) in [5.41, 5.74) is 8.79. The van der Waals surface area contributed by atoms with E-state index in [1.54, 1.807) is 6.20 Å². The van der Waals surface area contributed by atoms with Crippen molar-refractivity contribution in [1.82, 2.24) is 10.3 Å². The predicted octanol–water partition coefficient (Wildman–Crippen LogP) is 3.69. The van der Waals surface area contributed by atoms with Crippen molar-refractivity contribution in [3.8, 4) is 11.6 Å². The lowest BCUT2D eigenvalue weighted by Gasteiger charge is -2.11. The molecule has 2 rings (SSSR count). The summed E-state index contributed by atoms with van der Waals surface area (Å²) in [6.45, 7) is 6.29. The number of nitrogens with two attached hydrogens (primary N) is 1. The Morgan fingerprint density at radius 2 is 2.00 bits per heavy atom. The Morgan fingerprint density at radius 1 is 1.28 bits per heavy atom. The highest BCUT2D eigenvalue weighted by molar-refractivity contribution is 5.85. The third-order valence-electron chi connectivity index (χ3n) is 3.57. The van der Waals surface area contributed by atoms with Crippen molar-refractivity contribution in [2.45, 2.75) is 39.8 Å². The summed E-state index contributed by atoms with van der Waals surface area (Å²) in [5, 5.41) is 2.84. The van der Waals surface area contributed by atoms with Gasteiger partial charge in [0.05, 0.1) is 0 Å². The van der Waals surface area contributed by atoms with E-state index in [1.807, 2.05) is 51.1 Å². The van der Waals surface area contributed by atoms with Gasteiger partial charge in [0.2, 0.25) is 11.8 Å². The number of halogens is 2. The molecule has 1 aromatic carbocycles. The molecule has 0 aliphatic heterocycles. The molecule has 0 saturated carbocycles. The fraction of sp³-hybridized carbons (Fsp3) is 0.333. The molecule has 7 heteroatoms. The summed E-state index contributed by atoms with van der Waals surface area (Å²) >= 11 is 0. The number of nitrogens with one attached hydrogen (secondary N) is 1. The first-order valence-electron chi connectivity index (χ1n) is 7.67. The molecule has 0 spiro atoms. The lowest BCUT2D eigenvalue weighted by Crippen LogP contribution is -2.29. The lowest BCUT2D eigenvalue weighted by molar-refractivity contribution is -0.121. The Kier molecular flexibility index (Phi) is 10.1. The molecule has 1 aromatic heterocycles. The van der Waals surface area contributed by atoms with Gasteiger partial charge < -0.3 is 15.8 Å². The maximum atomic E-state index is 11.6. The van der Waals surface area contributed by atoms with Crippen LogP contribution in [0.5, 0.6) is 11.6 Å². The zero-order chi connectivity index (χ0) is 16.8. The molecule has 0 fully saturated rings. The highest BCUT2D eigenvalue weighted by Crippen LogP contribution is 2.25. The molecular formula is C18H25Cl2N3O2. The molecule has 1 amide bonds. The average Bonchev–Trinajstić information content (AvgIpc) is 2.50. The second-order valence-electron chi connectivity index (χ2n) is 5.76. The largest absolute Gasteiger partial charge is 0.439 e. The monoisotopic (exact) mass is 385 g/mol. The van der Waals surface area contributed by atoms with E-state index < -0.39 is 0 Å². The maximum Gasteiger partial charge on any atom is 0.221 e. The molecule has 0 aliphatic rings. The molecule has 2 aromatic rings. The smallest absolute Gasteiger partial charge is 0.221 e. The van der Waals surface area contributed by atoms with Crippen molar-refractivity contribution in [2.75, 3.05) is 0 Å². The Hall–Kier alpha value is -1.82. The van der Waals surface area contributed by atoms with Gasteiger partial charge in [-0.2, -0.15) is 0 Å². The van der Waals surface area contributed by atoms with E-state index >= 15 is 0 Å². The quantitative estimate of drug-likeness (QED) is 0.794. The minimum atomic E-state index is -0.143. The van der Waals surface area contributed by atoms with Gasteiger partial charge in [-0.05, 0) is 49.6 Å². The van der Waals surface area contributed by atoms with E-state index in [0.29, 0.717) is 18.8 Å². The molecule has 1 atom stereocenters. The molecule has 5 nitrogen and oxygen atoms in total. The molecule has 0 aliphatic carbocycles. The third kappa shape index (κ3) is 7.30. The van der Waals surface area contributed by atoms with E-state index in [4.69, 9.17) is 10.5 Å². The molecular weight excluding hydrogens is 361 g/mol. The molecule has 3 N–H and O–H groups in total. The fourth-order valence-electron chi connectivity index (χ4n) is 2.13. The van der Waals surface area contributed by atoms with Gasteiger partial charge in [0.15, 0.2) is 0 Å². The van der Waals surface area contributed by atoms with Crippen LogP contribution in [0.2, 0.25) is 0 Å². The van der Waals surface area contributed by atoms with Crippen LogP contribution < -0.4 is 15.8 Å². The SMILES string of the molecule is Cc1cccc(Oc2cc(CNC(=O)CC(C)N)ccn2)c1C.Cl.Cl. The molecule has 1 unspecified atom stereocenters. The summed E-state index contributed by atoms with van der Waals surface area (Å²) < 4.78 is 5.86. The average molecular weight is 386 g/mol. The van der Waals surface area contributed by atoms with Gasteiger partial charge in [0.25, 0.3) is 0 Å². The van der Waals surface area contributed by atoms with Gasteiger partial charge in [-0.3, -0.25) is 4.79 Å². The first-order chi connectivity index (χ1) is 11.0. The van der Waals surface area contributed by atoms with E-state index in [-0.39, 0.29) is 36.8 Å². The van der Waals surface area contributed by atoms with Crippen molar-refractivity contribution >= 4 is 30.7 Å². The fourth-order valence-corrected chi connectivity index (χ4v) is 2.13. The summed E-state index contributed by atoms with van der Waals surface area (Å²) in [5.74, 6) is 1.24. The third-order valence-corrected chi connectivity index (χ3v) is 3.57. The van der Waals surface area contributed by atoms with Crippen LogP contribution in [0.1, 0.15) is 30.0 Å². The number of amides is 1. The van der Waals surface area contributed by atoms with Gasteiger partial charge in [-0.1, -0.05) is 12.1 Å². The van der Waals surface area contributed by atoms with Crippen molar-refractivity contribution in [2.24, 2.45) is 5.73 Å². The number of pyridine rings is 1. The van der Waals surface area contributed by atoms with Crippen molar-refractivity contribution in [1.29, 1.82) is 0 Å². The zero-order valence-corrected chi connectivity index (χ0v) is 16.2. The van der Waals surface area contributed by atoms with Gasteiger partial charge in [0.1, 0.15) is 5.75 Å². The second-order valence-corrected chi connectivity index (χ2v) is 5.76. The Balaban J connectivity index is 0.00000288. The molecule has 0 bridgehead atoms. The number of ether oxygens (including phenoxy) is 1. The first kappa shape index (κ1) is 23.2. The van der Waals surface area contributed by atoms with Crippen molar-refractivity contribution < 1.29 is 9.53 Å². The number of hydrogen-bond acceptors (Lipinski definition) is 4. The predicted molar refractivity (Wildman–Crippen MR) is 105 cm³/mol. The molecule has 138 valence electrons. The first-order valence-corrected chi connectivity index (χ1v) is 7.67.